The van der Waals surface area contributed by atoms with Crippen molar-refractivity contribution in [2.45, 2.75) is 63.7 Å². The summed E-state index contributed by atoms with van der Waals surface area (Å²) >= 11 is 0. The zero-order valence-electron chi connectivity index (χ0n) is 22.4. The van der Waals surface area contributed by atoms with Gasteiger partial charge in [-0.2, -0.15) is 4.31 Å². The van der Waals surface area contributed by atoms with Crippen molar-refractivity contribution in [1.29, 1.82) is 0 Å². The van der Waals surface area contributed by atoms with E-state index < -0.39 is 34.1 Å². The lowest BCUT2D eigenvalue weighted by molar-refractivity contribution is -0.126. The molecular weight excluding hydrogens is 521 g/mol. The number of nitrogens with two attached hydrogens (primary N) is 1. The van der Waals surface area contributed by atoms with E-state index in [9.17, 15) is 22.4 Å². The molecule has 2 aromatic carbocycles. The second kappa shape index (κ2) is 12.5. The maximum Gasteiger partial charge on any atom is 0.237 e. The van der Waals surface area contributed by atoms with E-state index >= 15 is 0 Å². The Morgan fingerprint density at radius 3 is 2.31 bits per heavy atom. The fourth-order valence-electron chi connectivity index (χ4n) is 4.92. The van der Waals surface area contributed by atoms with E-state index in [1.54, 1.807) is 23.1 Å². The Hall–Kier alpha value is -2.86. The van der Waals surface area contributed by atoms with Crippen molar-refractivity contribution in [3.63, 3.8) is 0 Å². The molecule has 11 heteroatoms. The van der Waals surface area contributed by atoms with Gasteiger partial charge in [0, 0.05) is 42.8 Å². The first kappa shape index (κ1) is 29.1. The second-order valence-corrected chi connectivity index (χ2v) is 12.6. The molecule has 1 saturated carbocycles. The monoisotopic (exact) mass is 559 g/mol. The first-order chi connectivity index (χ1) is 18.5. The molecule has 2 amide bonds. The number of hydrogen-bond donors (Lipinski definition) is 3. The molecule has 4 atom stereocenters. The summed E-state index contributed by atoms with van der Waals surface area (Å²) in [5, 5.41) is 5.82. The highest BCUT2D eigenvalue weighted by molar-refractivity contribution is 7.89. The predicted octanol–water partition coefficient (Wildman–Crippen LogP) is 2.30. The molecule has 4 rings (SSSR count). The largest absolute Gasteiger partial charge is 0.350 e. The van der Waals surface area contributed by atoms with Gasteiger partial charge in [0.05, 0.1) is 6.04 Å². The van der Waals surface area contributed by atoms with Crippen LogP contribution in [0.4, 0.5) is 10.1 Å². The summed E-state index contributed by atoms with van der Waals surface area (Å²) in [5.41, 5.74) is 8.05. The number of carbonyl (C=O) groups is 2. The Balaban J connectivity index is 1.40. The topological polar surface area (TPSA) is 125 Å². The molecule has 0 aromatic heterocycles. The summed E-state index contributed by atoms with van der Waals surface area (Å²) in [5.74, 6) is -1.61. The molecule has 1 aliphatic carbocycles. The van der Waals surface area contributed by atoms with Crippen molar-refractivity contribution in [3.8, 4) is 0 Å². The van der Waals surface area contributed by atoms with Crippen LogP contribution in [0.15, 0.2) is 54.6 Å². The number of nitrogens with zero attached hydrogens (tertiary/aromatic N) is 2. The van der Waals surface area contributed by atoms with Gasteiger partial charge in [0.15, 0.2) is 0 Å². The zero-order chi connectivity index (χ0) is 28.2. The minimum absolute atomic E-state index is 0.108. The van der Waals surface area contributed by atoms with Crippen LogP contribution in [0.25, 0.3) is 0 Å². The van der Waals surface area contributed by atoms with Crippen LogP contribution in [0, 0.1) is 11.7 Å². The summed E-state index contributed by atoms with van der Waals surface area (Å²) in [7, 11) is -3.45. The number of carbonyl (C=O) groups excluding carboxylic acids is 2. The molecule has 1 heterocycles. The molecule has 2 aliphatic rings. The summed E-state index contributed by atoms with van der Waals surface area (Å²) < 4.78 is 40.3. The van der Waals surface area contributed by atoms with E-state index in [1.165, 1.54) is 24.3 Å². The number of hydrogen-bond acceptors (Lipinski definition) is 6. The van der Waals surface area contributed by atoms with Crippen molar-refractivity contribution < 1.29 is 22.4 Å². The van der Waals surface area contributed by atoms with Gasteiger partial charge in [-0.05, 0) is 62.4 Å². The van der Waals surface area contributed by atoms with Crippen LogP contribution in [-0.2, 0) is 26.0 Å². The van der Waals surface area contributed by atoms with E-state index in [-0.39, 0.29) is 29.6 Å². The van der Waals surface area contributed by atoms with Crippen LogP contribution < -0.4 is 16.4 Å². The summed E-state index contributed by atoms with van der Waals surface area (Å²) in [6.45, 7) is 4.34. The molecule has 0 radical (unpaired) electrons. The van der Waals surface area contributed by atoms with Crippen LogP contribution in [0.1, 0.15) is 38.7 Å². The molecule has 0 spiro atoms. The van der Waals surface area contributed by atoms with Gasteiger partial charge in [0.1, 0.15) is 11.7 Å². The number of halogens is 1. The van der Waals surface area contributed by atoms with E-state index in [0.717, 1.165) is 18.4 Å². The fraction of sp³-hybridized carbons (Fsp3) is 0.500. The highest BCUT2D eigenvalue weighted by atomic mass is 32.2. The normalized spacial score (nSPS) is 20.9. The van der Waals surface area contributed by atoms with Gasteiger partial charge >= 0.3 is 0 Å². The number of rotatable bonds is 11. The highest BCUT2D eigenvalue weighted by Crippen LogP contribution is 2.31. The molecule has 4 N–H and O–H groups in total. The SMILES string of the molecule is C[C@H](C[C@H](N)[C@H](Cc1ccccc1)NC(=O)[C@@H](C)N1CCN(C2CC2)S(=O)(=O)C1)C(=O)Nc1ccc(F)cc1. The fourth-order valence-corrected chi connectivity index (χ4v) is 6.86. The lowest BCUT2D eigenvalue weighted by Crippen LogP contribution is -2.59. The van der Waals surface area contributed by atoms with E-state index in [2.05, 4.69) is 10.6 Å². The standard InChI is InChI=1S/C28H38FN5O4S/c1-19(27(35)31-23-10-8-22(29)9-11-23)16-25(30)26(17-21-6-4-3-5-7-21)32-28(36)20(2)33-14-15-34(24-12-13-24)39(37,38)18-33/h3-11,19-20,24-26H,12-18,30H2,1-2H3,(H,31,35)(H,32,36)/t19-,20-,25+,26+/m1/s1. The average molecular weight is 560 g/mol. The van der Waals surface area contributed by atoms with E-state index in [4.69, 9.17) is 5.73 Å². The molecule has 2 fully saturated rings. The Labute approximate surface area is 230 Å². The van der Waals surface area contributed by atoms with Crippen LogP contribution in [-0.4, -0.2) is 72.6 Å². The van der Waals surface area contributed by atoms with Gasteiger partial charge in [0.25, 0.3) is 0 Å². The smallest absolute Gasteiger partial charge is 0.237 e. The second-order valence-electron chi connectivity index (χ2n) is 10.7. The summed E-state index contributed by atoms with van der Waals surface area (Å²) in [6, 6.07) is 13.6. The molecule has 0 bridgehead atoms. The van der Waals surface area contributed by atoms with Crippen LogP contribution in [0.2, 0.25) is 0 Å². The van der Waals surface area contributed by atoms with Gasteiger partial charge in [-0.1, -0.05) is 37.3 Å². The lowest BCUT2D eigenvalue weighted by atomic mass is 9.92. The maximum atomic E-state index is 13.3. The average Bonchev–Trinajstić information content (AvgIpc) is 3.74. The quantitative estimate of drug-likeness (QED) is 0.388. The third-order valence-electron chi connectivity index (χ3n) is 7.50. The molecule has 1 saturated heterocycles. The van der Waals surface area contributed by atoms with Gasteiger partial charge < -0.3 is 16.4 Å². The minimum atomic E-state index is -3.45. The Morgan fingerprint density at radius 1 is 1.03 bits per heavy atom. The lowest BCUT2D eigenvalue weighted by Gasteiger charge is -2.37. The van der Waals surface area contributed by atoms with Crippen LogP contribution in [0.3, 0.4) is 0 Å². The van der Waals surface area contributed by atoms with Crippen LogP contribution >= 0.6 is 0 Å². The van der Waals surface area contributed by atoms with Gasteiger partial charge in [-0.15, -0.1) is 0 Å². The number of anilines is 1. The van der Waals surface area contributed by atoms with Gasteiger partial charge in [-0.3, -0.25) is 14.5 Å². The number of nitrogens with one attached hydrogen (secondary N) is 2. The Bertz CT molecular complexity index is 1240. The molecule has 212 valence electrons. The van der Waals surface area contributed by atoms with Crippen LogP contribution in [0.5, 0.6) is 0 Å². The van der Waals surface area contributed by atoms with Crippen molar-refractivity contribution in [2.75, 3.05) is 24.3 Å². The predicted molar refractivity (Wildman–Crippen MR) is 149 cm³/mol. The third kappa shape index (κ3) is 7.84. The summed E-state index contributed by atoms with van der Waals surface area (Å²) in [6.07, 6.45) is 2.55. The number of benzene rings is 2. The molecule has 9 nitrogen and oxygen atoms in total. The van der Waals surface area contributed by atoms with Crippen molar-refractivity contribution in [3.05, 3.63) is 66.0 Å². The Kier molecular flexibility index (Phi) is 9.37. The third-order valence-corrected chi connectivity index (χ3v) is 9.36. The number of amides is 2. The molecular formula is C28H38FN5O4S. The van der Waals surface area contributed by atoms with Crippen molar-refractivity contribution in [2.24, 2.45) is 11.7 Å². The zero-order valence-corrected chi connectivity index (χ0v) is 23.2. The van der Waals surface area contributed by atoms with E-state index in [1.807, 2.05) is 30.3 Å². The highest BCUT2D eigenvalue weighted by Gasteiger charge is 2.42. The molecule has 0 unspecified atom stereocenters. The maximum absolute atomic E-state index is 13.3. The first-order valence-electron chi connectivity index (χ1n) is 13.4. The number of sulfonamides is 1. The first-order valence-corrected chi connectivity index (χ1v) is 15.0. The Morgan fingerprint density at radius 2 is 1.69 bits per heavy atom. The van der Waals surface area contributed by atoms with Crippen molar-refractivity contribution in [1.82, 2.24) is 14.5 Å². The van der Waals surface area contributed by atoms with Gasteiger partial charge in [-0.25, -0.2) is 12.8 Å². The molecule has 1 aliphatic heterocycles. The van der Waals surface area contributed by atoms with E-state index in [0.29, 0.717) is 31.6 Å². The van der Waals surface area contributed by atoms with Crippen molar-refractivity contribution >= 4 is 27.5 Å². The molecule has 39 heavy (non-hydrogen) atoms. The summed E-state index contributed by atoms with van der Waals surface area (Å²) in [4.78, 5) is 27.8. The molecule has 2 aromatic rings. The van der Waals surface area contributed by atoms with Gasteiger partial charge in [0.2, 0.25) is 21.8 Å². The minimum Gasteiger partial charge on any atom is -0.350 e.